The Bertz CT molecular complexity index is 1280. The van der Waals surface area contributed by atoms with E-state index in [1.807, 2.05) is 12.4 Å². The Kier molecular flexibility index (Phi) is 5.33. The fourth-order valence-corrected chi connectivity index (χ4v) is 7.30. The highest BCUT2D eigenvalue weighted by Crippen LogP contribution is 2.63. The number of allylic oxidation sites excluding steroid dienone is 3. The summed E-state index contributed by atoms with van der Waals surface area (Å²) in [5, 5.41) is 2.25. The lowest BCUT2D eigenvalue weighted by molar-refractivity contribution is -0.147. The fourth-order valence-electron chi connectivity index (χ4n) is 7.30. The summed E-state index contributed by atoms with van der Waals surface area (Å²) in [5.41, 5.74) is 8.96. The van der Waals surface area contributed by atoms with Crippen LogP contribution < -0.4 is 5.73 Å². The second-order valence-corrected chi connectivity index (χ2v) is 10.9. The Morgan fingerprint density at radius 1 is 1.29 bits per heavy atom. The summed E-state index contributed by atoms with van der Waals surface area (Å²) in [6.07, 6.45) is 9.28. The third-order valence-corrected chi connectivity index (χ3v) is 8.95. The van der Waals surface area contributed by atoms with Crippen LogP contribution in [-0.2, 0) is 19.1 Å². The quantitative estimate of drug-likeness (QED) is 0.657. The molecule has 0 spiro atoms. The number of pyridine rings is 1. The van der Waals surface area contributed by atoms with E-state index in [-0.39, 0.29) is 47.1 Å². The summed E-state index contributed by atoms with van der Waals surface area (Å²) < 4.78 is 12.7. The molecule has 0 amide bonds. The summed E-state index contributed by atoms with van der Waals surface area (Å²) in [5.74, 6) is 1.06. The van der Waals surface area contributed by atoms with Crippen LogP contribution in [0.4, 0.5) is 0 Å². The fraction of sp³-hybridized carbons (Fsp3) is 0.483. The van der Waals surface area contributed by atoms with Crippen molar-refractivity contribution in [3.63, 3.8) is 0 Å². The van der Waals surface area contributed by atoms with Crippen LogP contribution in [0.1, 0.15) is 57.4 Å². The third kappa shape index (κ3) is 3.53. The van der Waals surface area contributed by atoms with Crippen molar-refractivity contribution < 1.29 is 19.1 Å². The second kappa shape index (κ2) is 8.30. The smallest absolute Gasteiger partial charge is 0.302 e. The Morgan fingerprint density at radius 3 is 2.94 bits per heavy atom. The summed E-state index contributed by atoms with van der Waals surface area (Å²) in [7, 11) is 0. The largest absolute Gasteiger partial charge is 0.489 e. The van der Waals surface area contributed by atoms with Crippen LogP contribution in [0.15, 0.2) is 59.6 Å². The van der Waals surface area contributed by atoms with E-state index in [2.05, 4.69) is 42.2 Å². The standard InChI is InChI=1S/C29H32N2O4/c1-16(32)34-26-13-23-28-18(12-22-24(33)10-17(14-30)11-25(22)35-28)6-8-29(23,2)27(26)21-5-3-4-19-15-31-9-7-20(19)21/h3-5,7,9,12,15,17,23,26-28H,6,8,10-11,13-14,30H2,1-2H3/t17?,23-,26?,27-,28+,29-/m0/s1. The number of carbonyl (C=O) groups is 2. The van der Waals surface area contributed by atoms with E-state index in [1.165, 1.54) is 18.1 Å². The van der Waals surface area contributed by atoms with Crippen molar-refractivity contribution in [1.82, 2.24) is 4.98 Å². The minimum Gasteiger partial charge on any atom is -0.489 e. The Hall–Kier alpha value is -2.99. The van der Waals surface area contributed by atoms with Crippen LogP contribution >= 0.6 is 0 Å². The number of nitrogens with two attached hydrogens (primary N) is 1. The van der Waals surface area contributed by atoms with Crippen LogP contribution in [0.3, 0.4) is 0 Å². The zero-order valence-corrected chi connectivity index (χ0v) is 20.3. The first kappa shape index (κ1) is 22.5. The van der Waals surface area contributed by atoms with Crippen molar-refractivity contribution in [3.05, 3.63) is 65.2 Å². The van der Waals surface area contributed by atoms with Crippen molar-refractivity contribution in [1.29, 1.82) is 0 Å². The molecule has 6 atom stereocenters. The summed E-state index contributed by atoms with van der Waals surface area (Å²) >= 11 is 0. The van der Waals surface area contributed by atoms with Gasteiger partial charge in [0.05, 0.1) is 5.57 Å². The van der Waals surface area contributed by atoms with Gasteiger partial charge in [0.2, 0.25) is 0 Å². The number of fused-ring (bicyclic) bond motifs is 4. The van der Waals surface area contributed by atoms with Crippen molar-refractivity contribution in [2.24, 2.45) is 23.0 Å². The van der Waals surface area contributed by atoms with Crippen molar-refractivity contribution in [2.45, 2.75) is 64.1 Å². The first-order chi connectivity index (χ1) is 16.9. The summed E-state index contributed by atoms with van der Waals surface area (Å²) in [4.78, 5) is 29.3. The van der Waals surface area contributed by atoms with Crippen molar-refractivity contribution >= 4 is 22.5 Å². The molecule has 2 saturated carbocycles. The zero-order valence-electron chi connectivity index (χ0n) is 20.3. The van der Waals surface area contributed by atoms with E-state index in [9.17, 15) is 9.59 Å². The molecule has 0 bridgehead atoms. The van der Waals surface area contributed by atoms with Crippen LogP contribution in [0.25, 0.3) is 10.8 Å². The molecular formula is C29H32N2O4. The first-order valence-corrected chi connectivity index (χ1v) is 12.7. The van der Waals surface area contributed by atoms with Crippen LogP contribution in [-0.4, -0.2) is 35.5 Å². The number of hydrogen-bond donors (Lipinski definition) is 1. The van der Waals surface area contributed by atoms with Gasteiger partial charge in [-0.3, -0.25) is 14.6 Å². The number of ketones is 1. The van der Waals surface area contributed by atoms with E-state index >= 15 is 0 Å². The number of benzene rings is 1. The molecule has 6 rings (SSSR count). The van der Waals surface area contributed by atoms with Crippen molar-refractivity contribution in [3.8, 4) is 0 Å². The third-order valence-electron chi connectivity index (χ3n) is 8.95. The molecule has 0 saturated heterocycles. The van der Waals surface area contributed by atoms with Gasteiger partial charge in [0, 0.05) is 49.4 Å². The molecule has 2 fully saturated rings. The SMILES string of the molecule is CC(=O)OC1C[C@H]2[C@@H]3OC4=C(C=C3CC[C@]2(C)[C@H]1c1cccc2cnccc12)C(=O)CC(CN)C4. The maximum absolute atomic E-state index is 12.8. The molecule has 2 unspecified atom stereocenters. The van der Waals surface area contributed by atoms with Gasteiger partial charge >= 0.3 is 5.97 Å². The lowest BCUT2D eigenvalue weighted by atomic mass is 9.60. The molecule has 2 aromatic rings. The Balaban J connectivity index is 1.42. The second-order valence-electron chi connectivity index (χ2n) is 10.9. The number of ether oxygens (including phenoxy) is 2. The number of rotatable bonds is 3. The predicted octanol–water partition coefficient (Wildman–Crippen LogP) is 4.59. The normalized spacial score (nSPS) is 34.0. The minimum absolute atomic E-state index is 0.0489. The topological polar surface area (TPSA) is 91.5 Å². The molecule has 6 heteroatoms. The number of hydrogen-bond acceptors (Lipinski definition) is 6. The summed E-state index contributed by atoms with van der Waals surface area (Å²) in [6, 6.07) is 8.39. The molecule has 3 aliphatic carbocycles. The van der Waals surface area contributed by atoms with Gasteiger partial charge in [-0.25, -0.2) is 0 Å². The molecule has 0 radical (unpaired) electrons. The maximum atomic E-state index is 12.8. The molecule has 35 heavy (non-hydrogen) atoms. The molecule has 182 valence electrons. The highest BCUT2D eigenvalue weighted by Gasteiger charge is 2.60. The number of esters is 1. The lowest BCUT2D eigenvalue weighted by Gasteiger charge is -2.48. The van der Waals surface area contributed by atoms with E-state index in [0.717, 1.165) is 41.4 Å². The maximum Gasteiger partial charge on any atom is 0.302 e. The average molecular weight is 473 g/mol. The number of aromatic nitrogens is 1. The predicted molar refractivity (Wildman–Crippen MR) is 132 cm³/mol. The zero-order chi connectivity index (χ0) is 24.3. The Labute approximate surface area is 205 Å². The summed E-state index contributed by atoms with van der Waals surface area (Å²) in [6.45, 7) is 4.32. The van der Waals surface area contributed by atoms with Gasteiger partial charge in [0.1, 0.15) is 18.0 Å². The molecule has 2 N–H and O–H groups in total. The van der Waals surface area contributed by atoms with E-state index < -0.39 is 0 Å². The van der Waals surface area contributed by atoms with Gasteiger partial charge in [-0.05, 0) is 65.8 Å². The van der Waals surface area contributed by atoms with Gasteiger partial charge in [0.25, 0.3) is 0 Å². The molecule has 1 aromatic heterocycles. The molecule has 6 nitrogen and oxygen atoms in total. The number of nitrogens with zero attached hydrogens (tertiary/aromatic N) is 1. The van der Waals surface area contributed by atoms with Crippen molar-refractivity contribution in [2.75, 3.05) is 6.54 Å². The van der Waals surface area contributed by atoms with E-state index in [1.54, 1.807) is 0 Å². The molecule has 1 aliphatic heterocycles. The van der Waals surface area contributed by atoms with Crippen LogP contribution in [0, 0.1) is 17.3 Å². The number of Topliss-reactive ketones (excluding diaryl/α,β-unsaturated/α-hetero) is 1. The molecular weight excluding hydrogens is 440 g/mol. The number of carbonyl (C=O) groups excluding carboxylic acids is 2. The average Bonchev–Trinajstić information content (AvgIpc) is 3.14. The monoisotopic (exact) mass is 472 g/mol. The van der Waals surface area contributed by atoms with E-state index in [0.29, 0.717) is 19.4 Å². The Morgan fingerprint density at radius 2 is 2.14 bits per heavy atom. The van der Waals surface area contributed by atoms with Crippen LogP contribution in [0.5, 0.6) is 0 Å². The lowest BCUT2D eigenvalue weighted by Crippen LogP contribution is -2.44. The van der Waals surface area contributed by atoms with Gasteiger partial charge in [-0.15, -0.1) is 0 Å². The van der Waals surface area contributed by atoms with Crippen LogP contribution in [0.2, 0.25) is 0 Å². The van der Waals surface area contributed by atoms with Gasteiger partial charge in [-0.1, -0.05) is 25.1 Å². The van der Waals surface area contributed by atoms with Gasteiger partial charge in [0.15, 0.2) is 5.78 Å². The highest BCUT2D eigenvalue weighted by atomic mass is 16.5. The first-order valence-electron chi connectivity index (χ1n) is 12.7. The van der Waals surface area contributed by atoms with Gasteiger partial charge < -0.3 is 15.2 Å². The van der Waals surface area contributed by atoms with E-state index in [4.69, 9.17) is 15.2 Å². The molecule has 1 aromatic carbocycles. The van der Waals surface area contributed by atoms with Gasteiger partial charge in [-0.2, -0.15) is 0 Å². The molecule has 4 aliphatic rings. The minimum atomic E-state index is -0.252. The molecule has 2 heterocycles. The highest BCUT2D eigenvalue weighted by molar-refractivity contribution is 6.00.